The summed E-state index contributed by atoms with van der Waals surface area (Å²) >= 11 is 0. The van der Waals surface area contributed by atoms with Gasteiger partial charge in [-0.3, -0.25) is 19.1 Å². The lowest BCUT2D eigenvalue weighted by Gasteiger charge is -2.37. The minimum Gasteiger partial charge on any atom is -0.480 e. The Kier molecular flexibility index (Phi) is 7.42. The Balaban J connectivity index is 1.46. The summed E-state index contributed by atoms with van der Waals surface area (Å²) in [7, 11) is 0. The van der Waals surface area contributed by atoms with E-state index in [1.165, 1.54) is 0 Å². The molecular formula is C28H37N7O4. The summed E-state index contributed by atoms with van der Waals surface area (Å²) in [6.07, 6.45) is 8.18. The highest BCUT2D eigenvalue weighted by Crippen LogP contribution is 2.38. The molecule has 1 aliphatic carbocycles. The molecule has 0 bridgehead atoms. The quantitative estimate of drug-likeness (QED) is 0.376. The lowest BCUT2D eigenvalue weighted by Crippen LogP contribution is -2.56. The van der Waals surface area contributed by atoms with Gasteiger partial charge < -0.3 is 15.7 Å². The van der Waals surface area contributed by atoms with Gasteiger partial charge in [-0.15, -0.1) is 0 Å². The minimum absolute atomic E-state index is 0.0134. The highest BCUT2D eigenvalue weighted by Gasteiger charge is 2.52. The van der Waals surface area contributed by atoms with Crippen molar-refractivity contribution in [3.05, 3.63) is 47.7 Å². The van der Waals surface area contributed by atoms with Crippen LogP contribution in [0.4, 0.5) is 0 Å². The third-order valence-corrected chi connectivity index (χ3v) is 8.73. The summed E-state index contributed by atoms with van der Waals surface area (Å²) in [5.74, 6) is -1.24. The third-order valence-electron chi connectivity index (χ3n) is 8.73. The minimum atomic E-state index is -1.57. The number of nitrogens with one attached hydrogen (secondary N) is 2. The number of rotatable bonds is 8. The van der Waals surface area contributed by atoms with Gasteiger partial charge in [-0.05, 0) is 62.1 Å². The zero-order valence-corrected chi connectivity index (χ0v) is 22.8. The van der Waals surface area contributed by atoms with Gasteiger partial charge in [0, 0.05) is 25.7 Å². The molecule has 11 nitrogen and oxygen atoms in total. The number of hydrogen-bond donors (Lipinski definition) is 3. The smallest absolute Gasteiger partial charge is 0.319 e. The summed E-state index contributed by atoms with van der Waals surface area (Å²) in [5, 5.41) is 25.0. The summed E-state index contributed by atoms with van der Waals surface area (Å²) < 4.78 is 3.31. The molecule has 0 radical (unpaired) electrons. The third kappa shape index (κ3) is 5.02. The number of carbonyl (C=O) groups excluding carboxylic acids is 2. The Hall–Kier alpha value is -3.76. The van der Waals surface area contributed by atoms with Crippen LogP contribution < -0.4 is 10.6 Å². The van der Waals surface area contributed by atoms with E-state index in [0.29, 0.717) is 48.2 Å². The maximum Gasteiger partial charge on any atom is 0.319 e. The lowest BCUT2D eigenvalue weighted by atomic mass is 9.69. The fourth-order valence-electron chi connectivity index (χ4n) is 6.18. The number of carboxylic acid groups (broad SMARTS) is 1. The van der Waals surface area contributed by atoms with Crippen molar-refractivity contribution >= 4 is 23.4 Å². The molecule has 2 unspecified atom stereocenters. The van der Waals surface area contributed by atoms with E-state index in [4.69, 9.17) is 4.98 Å². The second kappa shape index (κ2) is 10.8. The van der Waals surface area contributed by atoms with E-state index >= 15 is 0 Å². The van der Waals surface area contributed by atoms with E-state index in [0.717, 1.165) is 25.7 Å². The molecule has 0 aromatic carbocycles. The van der Waals surface area contributed by atoms with Gasteiger partial charge in [-0.2, -0.15) is 10.2 Å². The molecule has 1 saturated carbocycles. The van der Waals surface area contributed by atoms with Crippen LogP contribution in [0, 0.1) is 23.2 Å². The molecule has 0 spiro atoms. The van der Waals surface area contributed by atoms with Gasteiger partial charge in [0.1, 0.15) is 5.69 Å². The van der Waals surface area contributed by atoms with E-state index in [2.05, 4.69) is 27.8 Å². The summed E-state index contributed by atoms with van der Waals surface area (Å²) in [6, 6.07) is 4.95. The first kappa shape index (κ1) is 26.8. The van der Waals surface area contributed by atoms with Crippen LogP contribution in [0.1, 0.15) is 80.8 Å². The Morgan fingerprint density at radius 3 is 2.64 bits per heavy atom. The predicted molar refractivity (Wildman–Crippen MR) is 143 cm³/mol. The van der Waals surface area contributed by atoms with Gasteiger partial charge in [-0.1, -0.05) is 26.7 Å². The molecule has 5 rings (SSSR count). The highest BCUT2D eigenvalue weighted by molar-refractivity contribution is 6.03. The molecule has 11 heteroatoms. The number of nitrogens with zero attached hydrogens (tertiary/aromatic N) is 5. The van der Waals surface area contributed by atoms with Crippen LogP contribution in [-0.4, -0.2) is 53.8 Å². The van der Waals surface area contributed by atoms with E-state index in [1.807, 2.05) is 20.0 Å². The SMILES string of the molecule is CCn1nccc1C(=O)N[C@H](c1cn2nc(CC3(C(=O)O)C(=O)NCCC3C)ccc2n1)C1CCC(C)CC1. The number of piperidine rings is 1. The van der Waals surface area contributed by atoms with Crippen LogP contribution in [0.25, 0.3) is 5.65 Å². The Labute approximate surface area is 227 Å². The second-order valence-corrected chi connectivity index (χ2v) is 11.2. The molecule has 3 atom stereocenters. The zero-order chi connectivity index (χ0) is 27.7. The van der Waals surface area contributed by atoms with Crippen molar-refractivity contribution in [2.75, 3.05) is 6.54 Å². The number of hydrogen-bond acceptors (Lipinski definition) is 6. The topological polar surface area (TPSA) is 144 Å². The molecule has 39 heavy (non-hydrogen) atoms. The monoisotopic (exact) mass is 535 g/mol. The van der Waals surface area contributed by atoms with E-state index < -0.39 is 17.3 Å². The van der Waals surface area contributed by atoms with Crippen molar-refractivity contribution in [2.24, 2.45) is 23.2 Å². The number of aliphatic carboxylic acids is 1. The van der Waals surface area contributed by atoms with Gasteiger partial charge in [0.25, 0.3) is 5.91 Å². The van der Waals surface area contributed by atoms with E-state index in [1.54, 1.807) is 33.6 Å². The molecule has 4 heterocycles. The Morgan fingerprint density at radius 2 is 1.95 bits per heavy atom. The Morgan fingerprint density at radius 1 is 1.18 bits per heavy atom. The van der Waals surface area contributed by atoms with Crippen molar-refractivity contribution in [3.8, 4) is 0 Å². The van der Waals surface area contributed by atoms with Gasteiger partial charge in [0.2, 0.25) is 5.91 Å². The first-order chi connectivity index (χ1) is 18.7. The summed E-state index contributed by atoms with van der Waals surface area (Å²) in [5.41, 5.74) is 0.749. The Bertz CT molecular complexity index is 1370. The van der Waals surface area contributed by atoms with E-state index in [9.17, 15) is 19.5 Å². The second-order valence-electron chi connectivity index (χ2n) is 11.2. The molecule has 2 aliphatic rings. The van der Waals surface area contributed by atoms with Crippen LogP contribution in [0.15, 0.2) is 30.6 Å². The van der Waals surface area contributed by atoms with Crippen LogP contribution in [0.3, 0.4) is 0 Å². The number of carboxylic acids is 1. The number of aromatic nitrogens is 5. The molecule has 2 fully saturated rings. The molecular weight excluding hydrogens is 498 g/mol. The highest BCUT2D eigenvalue weighted by atomic mass is 16.4. The zero-order valence-electron chi connectivity index (χ0n) is 22.8. The van der Waals surface area contributed by atoms with Crippen molar-refractivity contribution in [1.82, 2.24) is 35.0 Å². The molecule has 3 aromatic heterocycles. The normalized spacial score (nSPS) is 26.2. The molecule has 208 valence electrons. The van der Waals surface area contributed by atoms with Crippen molar-refractivity contribution < 1.29 is 19.5 Å². The summed E-state index contributed by atoms with van der Waals surface area (Å²) in [6.45, 7) is 7.08. The maximum absolute atomic E-state index is 13.3. The number of imidazole rings is 1. The number of amides is 2. The molecule has 3 aromatic rings. The van der Waals surface area contributed by atoms with Crippen molar-refractivity contribution in [2.45, 2.75) is 71.9 Å². The summed E-state index contributed by atoms with van der Waals surface area (Å²) in [4.78, 5) is 43.3. The average Bonchev–Trinajstić information content (AvgIpc) is 3.56. The average molecular weight is 536 g/mol. The van der Waals surface area contributed by atoms with Gasteiger partial charge >= 0.3 is 5.97 Å². The van der Waals surface area contributed by atoms with Crippen LogP contribution in [0.5, 0.6) is 0 Å². The number of aryl methyl sites for hydroxylation is 1. The van der Waals surface area contributed by atoms with Gasteiger partial charge in [-0.25, -0.2) is 9.50 Å². The predicted octanol–water partition coefficient (Wildman–Crippen LogP) is 3.01. The first-order valence-corrected chi connectivity index (χ1v) is 13.9. The van der Waals surface area contributed by atoms with Crippen LogP contribution in [-0.2, 0) is 22.6 Å². The van der Waals surface area contributed by atoms with Gasteiger partial charge in [0.15, 0.2) is 11.1 Å². The van der Waals surface area contributed by atoms with Gasteiger partial charge in [0.05, 0.1) is 23.6 Å². The lowest BCUT2D eigenvalue weighted by molar-refractivity contribution is -0.162. The van der Waals surface area contributed by atoms with Crippen LogP contribution in [0.2, 0.25) is 0 Å². The number of carbonyl (C=O) groups is 3. The molecule has 1 saturated heterocycles. The van der Waals surface area contributed by atoms with Crippen molar-refractivity contribution in [1.29, 1.82) is 0 Å². The largest absolute Gasteiger partial charge is 0.480 e. The van der Waals surface area contributed by atoms with Crippen LogP contribution >= 0.6 is 0 Å². The fraction of sp³-hybridized carbons (Fsp3) is 0.571. The fourth-order valence-corrected chi connectivity index (χ4v) is 6.18. The number of fused-ring (bicyclic) bond motifs is 1. The van der Waals surface area contributed by atoms with E-state index in [-0.39, 0.29) is 30.2 Å². The molecule has 1 aliphatic heterocycles. The molecule has 3 N–H and O–H groups in total. The van der Waals surface area contributed by atoms with Crippen molar-refractivity contribution in [3.63, 3.8) is 0 Å². The maximum atomic E-state index is 13.3. The first-order valence-electron chi connectivity index (χ1n) is 13.9. The standard InChI is InChI=1S/C28H37N7O4/c1-4-34-22(12-14-30-34)25(36)32-24(19-7-5-17(2)6-8-19)21-16-35-23(31-21)10-9-20(33-35)15-28(27(38)39)18(3)11-13-29-26(28)37/h9-10,12,14,16-19,24H,4-8,11,13,15H2,1-3H3,(H,29,37)(H,32,36)(H,38,39)/t17?,18?,19?,24-,28?/m0/s1. The molecule has 2 amide bonds.